The van der Waals surface area contributed by atoms with Crippen LogP contribution in [0, 0.1) is 6.92 Å². The smallest absolute Gasteiger partial charge is 0.123 e. The summed E-state index contributed by atoms with van der Waals surface area (Å²) in [5.74, 6) is 1.14. The molecule has 100 valence electrons. The van der Waals surface area contributed by atoms with Crippen molar-refractivity contribution in [3.8, 4) is 0 Å². The average Bonchev–Trinajstić information content (AvgIpc) is 3.06. The van der Waals surface area contributed by atoms with Gasteiger partial charge in [0, 0.05) is 18.4 Å². The molecule has 0 saturated carbocycles. The first-order valence-electron chi connectivity index (χ1n) is 7.12. The number of aromatic amines is 1. The summed E-state index contributed by atoms with van der Waals surface area (Å²) in [6, 6.07) is 11.2. The highest BCUT2D eigenvalue weighted by Crippen LogP contribution is 2.29. The monoisotopic (exact) mass is 255 g/mol. The molecule has 1 aliphatic heterocycles. The standard InChI is InChI=1S/C16H21N3/c1-13-12-17-16(18-13)15-8-5-10-19(15)11-9-14-6-3-2-4-7-14/h2-4,6-7,12,15H,5,8-11H2,1H3,(H,17,18). The number of hydrogen-bond acceptors (Lipinski definition) is 2. The fraction of sp³-hybridized carbons (Fsp3) is 0.438. The van der Waals surface area contributed by atoms with Crippen molar-refractivity contribution < 1.29 is 0 Å². The van der Waals surface area contributed by atoms with E-state index in [1.54, 1.807) is 0 Å². The number of benzene rings is 1. The molecule has 1 atom stereocenters. The molecule has 1 unspecified atom stereocenters. The molecule has 1 N–H and O–H groups in total. The number of aromatic nitrogens is 2. The van der Waals surface area contributed by atoms with Gasteiger partial charge in [0.15, 0.2) is 0 Å². The summed E-state index contributed by atoms with van der Waals surface area (Å²) in [5, 5.41) is 0. The molecule has 0 spiro atoms. The highest BCUT2D eigenvalue weighted by atomic mass is 15.2. The van der Waals surface area contributed by atoms with Crippen LogP contribution < -0.4 is 0 Å². The van der Waals surface area contributed by atoms with Crippen molar-refractivity contribution in [1.82, 2.24) is 14.9 Å². The Hall–Kier alpha value is -1.61. The van der Waals surface area contributed by atoms with Crippen molar-refractivity contribution in [2.45, 2.75) is 32.2 Å². The SMILES string of the molecule is Cc1cnc(C2CCCN2CCc2ccccc2)[nH]1. The van der Waals surface area contributed by atoms with E-state index in [9.17, 15) is 0 Å². The van der Waals surface area contributed by atoms with Gasteiger partial charge in [-0.1, -0.05) is 30.3 Å². The van der Waals surface area contributed by atoms with E-state index in [0.717, 1.165) is 24.5 Å². The number of nitrogens with zero attached hydrogens (tertiary/aromatic N) is 2. The number of likely N-dealkylation sites (tertiary alicyclic amines) is 1. The zero-order chi connectivity index (χ0) is 13.1. The summed E-state index contributed by atoms with van der Waals surface area (Å²) in [6.07, 6.45) is 5.56. The maximum Gasteiger partial charge on any atom is 0.123 e. The zero-order valence-corrected chi connectivity index (χ0v) is 11.5. The summed E-state index contributed by atoms with van der Waals surface area (Å²) in [4.78, 5) is 10.5. The van der Waals surface area contributed by atoms with Crippen LogP contribution in [-0.2, 0) is 6.42 Å². The van der Waals surface area contributed by atoms with Gasteiger partial charge in [-0.15, -0.1) is 0 Å². The van der Waals surface area contributed by atoms with Gasteiger partial charge < -0.3 is 4.98 Å². The fourth-order valence-electron chi connectivity index (χ4n) is 2.92. The summed E-state index contributed by atoms with van der Waals surface area (Å²) in [7, 11) is 0. The van der Waals surface area contributed by atoms with E-state index in [0.29, 0.717) is 6.04 Å². The molecule has 0 aliphatic carbocycles. The molecule has 1 saturated heterocycles. The van der Waals surface area contributed by atoms with Crippen LogP contribution in [0.4, 0.5) is 0 Å². The quantitative estimate of drug-likeness (QED) is 0.910. The highest BCUT2D eigenvalue weighted by molar-refractivity contribution is 5.15. The van der Waals surface area contributed by atoms with Crippen molar-refractivity contribution in [2.75, 3.05) is 13.1 Å². The normalized spacial score (nSPS) is 19.9. The molecule has 1 aromatic carbocycles. The molecule has 0 amide bonds. The fourth-order valence-corrected chi connectivity index (χ4v) is 2.92. The van der Waals surface area contributed by atoms with E-state index >= 15 is 0 Å². The number of H-pyrrole nitrogens is 1. The zero-order valence-electron chi connectivity index (χ0n) is 11.5. The molecule has 0 bridgehead atoms. The Morgan fingerprint density at radius 3 is 2.89 bits per heavy atom. The number of imidazole rings is 1. The van der Waals surface area contributed by atoms with Crippen LogP contribution in [0.3, 0.4) is 0 Å². The summed E-state index contributed by atoms with van der Waals surface area (Å²) >= 11 is 0. The second-order valence-electron chi connectivity index (χ2n) is 5.38. The third-order valence-corrected chi connectivity index (χ3v) is 3.93. The molecule has 3 heteroatoms. The molecule has 0 radical (unpaired) electrons. The van der Waals surface area contributed by atoms with E-state index in [2.05, 4.69) is 52.1 Å². The molecule has 19 heavy (non-hydrogen) atoms. The van der Waals surface area contributed by atoms with Crippen LogP contribution in [0.2, 0.25) is 0 Å². The minimum absolute atomic E-state index is 0.484. The lowest BCUT2D eigenvalue weighted by Crippen LogP contribution is -2.26. The van der Waals surface area contributed by atoms with Gasteiger partial charge in [-0.3, -0.25) is 4.90 Å². The minimum atomic E-state index is 0.484. The van der Waals surface area contributed by atoms with Gasteiger partial charge in [-0.05, 0) is 38.3 Å². The van der Waals surface area contributed by atoms with Gasteiger partial charge >= 0.3 is 0 Å². The Balaban J connectivity index is 1.64. The van der Waals surface area contributed by atoms with Gasteiger partial charge in [-0.25, -0.2) is 4.98 Å². The van der Waals surface area contributed by atoms with Crippen molar-refractivity contribution in [3.63, 3.8) is 0 Å². The Kier molecular flexibility index (Phi) is 3.65. The van der Waals surface area contributed by atoms with Gasteiger partial charge in [0.05, 0.1) is 6.04 Å². The van der Waals surface area contributed by atoms with Gasteiger partial charge in [0.2, 0.25) is 0 Å². The number of hydrogen-bond donors (Lipinski definition) is 1. The van der Waals surface area contributed by atoms with Crippen molar-refractivity contribution in [3.05, 3.63) is 53.6 Å². The van der Waals surface area contributed by atoms with E-state index < -0.39 is 0 Å². The maximum absolute atomic E-state index is 4.51. The summed E-state index contributed by atoms with van der Waals surface area (Å²) in [5.41, 5.74) is 2.58. The van der Waals surface area contributed by atoms with Crippen molar-refractivity contribution >= 4 is 0 Å². The van der Waals surface area contributed by atoms with Crippen molar-refractivity contribution in [2.24, 2.45) is 0 Å². The number of rotatable bonds is 4. The second kappa shape index (κ2) is 5.57. The highest BCUT2D eigenvalue weighted by Gasteiger charge is 2.27. The topological polar surface area (TPSA) is 31.9 Å². The Labute approximate surface area is 114 Å². The molecule has 3 rings (SSSR count). The summed E-state index contributed by atoms with van der Waals surface area (Å²) in [6.45, 7) is 4.38. The van der Waals surface area contributed by atoms with Crippen LogP contribution in [0.15, 0.2) is 36.5 Å². The van der Waals surface area contributed by atoms with Crippen LogP contribution >= 0.6 is 0 Å². The Bertz CT molecular complexity index is 518. The lowest BCUT2D eigenvalue weighted by Gasteiger charge is -2.22. The lowest BCUT2D eigenvalue weighted by atomic mass is 10.1. The first kappa shape index (κ1) is 12.4. The Morgan fingerprint density at radius 2 is 2.16 bits per heavy atom. The minimum Gasteiger partial charge on any atom is -0.345 e. The van der Waals surface area contributed by atoms with E-state index in [1.807, 2.05) is 6.20 Å². The van der Waals surface area contributed by atoms with Crippen LogP contribution in [-0.4, -0.2) is 28.0 Å². The predicted molar refractivity (Wildman–Crippen MR) is 77.0 cm³/mol. The first-order valence-corrected chi connectivity index (χ1v) is 7.12. The van der Waals surface area contributed by atoms with E-state index in [4.69, 9.17) is 0 Å². The van der Waals surface area contributed by atoms with E-state index in [1.165, 1.54) is 24.9 Å². The molecular weight excluding hydrogens is 234 g/mol. The average molecular weight is 255 g/mol. The largest absolute Gasteiger partial charge is 0.345 e. The lowest BCUT2D eigenvalue weighted by molar-refractivity contribution is 0.252. The second-order valence-corrected chi connectivity index (χ2v) is 5.38. The third kappa shape index (κ3) is 2.87. The number of aryl methyl sites for hydroxylation is 1. The van der Waals surface area contributed by atoms with Gasteiger partial charge in [0.25, 0.3) is 0 Å². The van der Waals surface area contributed by atoms with Crippen LogP contribution in [0.1, 0.15) is 36.0 Å². The number of nitrogens with one attached hydrogen (secondary N) is 1. The molecule has 1 aromatic heterocycles. The molecule has 1 fully saturated rings. The molecule has 1 aliphatic rings. The van der Waals surface area contributed by atoms with Crippen molar-refractivity contribution in [1.29, 1.82) is 0 Å². The molecule has 3 nitrogen and oxygen atoms in total. The van der Waals surface area contributed by atoms with E-state index in [-0.39, 0.29) is 0 Å². The van der Waals surface area contributed by atoms with Gasteiger partial charge in [0.1, 0.15) is 5.82 Å². The maximum atomic E-state index is 4.51. The Morgan fingerprint density at radius 1 is 1.32 bits per heavy atom. The molecule has 2 aromatic rings. The summed E-state index contributed by atoms with van der Waals surface area (Å²) < 4.78 is 0. The van der Waals surface area contributed by atoms with Gasteiger partial charge in [-0.2, -0.15) is 0 Å². The molecular formula is C16H21N3. The van der Waals surface area contributed by atoms with Crippen LogP contribution in [0.25, 0.3) is 0 Å². The first-order chi connectivity index (χ1) is 9.33. The van der Waals surface area contributed by atoms with Crippen LogP contribution in [0.5, 0.6) is 0 Å². The third-order valence-electron chi connectivity index (χ3n) is 3.93. The predicted octanol–water partition coefficient (Wildman–Crippen LogP) is 3.10. The molecule has 2 heterocycles.